The molecule has 0 saturated carbocycles. The van der Waals surface area contributed by atoms with Gasteiger partial charge in [0.2, 0.25) is 0 Å². The van der Waals surface area contributed by atoms with Crippen LogP contribution in [0.25, 0.3) is 0 Å². The molecular formula is C12H20ClN. The summed E-state index contributed by atoms with van der Waals surface area (Å²) in [4.78, 5) is 0. The molecule has 0 bridgehead atoms. The Bertz CT molecular complexity index is 223. The predicted octanol–water partition coefficient (Wildman–Crippen LogP) is 3.17. The van der Waals surface area contributed by atoms with Crippen LogP contribution in [0, 0.1) is 0 Å². The second-order valence-electron chi connectivity index (χ2n) is 3.59. The van der Waals surface area contributed by atoms with Gasteiger partial charge in [-0.1, -0.05) is 50.1 Å². The Labute approximate surface area is 93.1 Å². The number of benzene rings is 1. The first-order chi connectivity index (χ1) is 6.33. The SMILES string of the molecule is CCCC[C@@H](N)Cc1ccccc1.Cl. The molecule has 0 heterocycles. The van der Waals surface area contributed by atoms with Crippen LogP contribution in [0.4, 0.5) is 0 Å². The number of hydrogen-bond donors (Lipinski definition) is 1. The molecule has 0 amide bonds. The summed E-state index contributed by atoms with van der Waals surface area (Å²) in [7, 11) is 0. The molecule has 14 heavy (non-hydrogen) atoms. The van der Waals surface area contributed by atoms with Gasteiger partial charge in [-0.25, -0.2) is 0 Å². The molecular weight excluding hydrogens is 194 g/mol. The average molecular weight is 214 g/mol. The monoisotopic (exact) mass is 213 g/mol. The summed E-state index contributed by atoms with van der Waals surface area (Å²) in [6.07, 6.45) is 4.64. The van der Waals surface area contributed by atoms with Crippen molar-refractivity contribution in [3.05, 3.63) is 35.9 Å². The van der Waals surface area contributed by atoms with Gasteiger partial charge in [-0.3, -0.25) is 0 Å². The molecule has 1 rings (SSSR count). The second-order valence-corrected chi connectivity index (χ2v) is 3.59. The molecule has 2 heteroatoms. The lowest BCUT2D eigenvalue weighted by Gasteiger charge is -2.10. The molecule has 2 N–H and O–H groups in total. The molecule has 80 valence electrons. The van der Waals surface area contributed by atoms with Crippen LogP contribution >= 0.6 is 12.4 Å². The third-order valence-corrected chi connectivity index (χ3v) is 2.27. The number of halogens is 1. The van der Waals surface area contributed by atoms with Crippen molar-refractivity contribution < 1.29 is 0 Å². The topological polar surface area (TPSA) is 26.0 Å². The highest BCUT2D eigenvalue weighted by Crippen LogP contribution is 2.06. The summed E-state index contributed by atoms with van der Waals surface area (Å²) >= 11 is 0. The van der Waals surface area contributed by atoms with Gasteiger partial charge in [-0.2, -0.15) is 0 Å². The van der Waals surface area contributed by atoms with Crippen molar-refractivity contribution in [2.45, 2.75) is 38.6 Å². The fourth-order valence-electron chi connectivity index (χ4n) is 1.49. The van der Waals surface area contributed by atoms with Gasteiger partial charge in [0.05, 0.1) is 0 Å². The minimum Gasteiger partial charge on any atom is -0.327 e. The van der Waals surface area contributed by atoms with Crippen LogP contribution in [-0.2, 0) is 6.42 Å². The predicted molar refractivity (Wildman–Crippen MR) is 64.9 cm³/mol. The normalized spacial score (nSPS) is 11.9. The third-order valence-electron chi connectivity index (χ3n) is 2.27. The van der Waals surface area contributed by atoms with Crippen LogP contribution < -0.4 is 5.73 Å². The van der Waals surface area contributed by atoms with E-state index >= 15 is 0 Å². The minimum absolute atomic E-state index is 0. The van der Waals surface area contributed by atoms with Crippen molar-refractivity contribution in [3.63, 3.8) is 0 Å². The van der Waals surface area contributed by atoms with Gasteiger partial charge in [0, 0.05) is 6.04 Å². The van der Waals surface area contributed by atoms with Gasteiger partial charge in [0.15, 0.2) is 0 Å². The first kappa shape index (κ1) is 13.5. The fourth-order valence-corrected chi connectivity index (χ4v) is 1.49. The zero-order chi connectivity index (χ0) is 9.52. The molecule has 0 spiro atoms. The molecule has 0 aliphatic carbocycles. The highest BCUT2D eigenvalue weighted by Gasteiger charge is 2.02. The number of rotatable bonds is 5. The molecule has 0 saturated heterocycles. The summed E-state index contributed by atoms with van der Waals surface area (Å²) in [5.74, 6) is 0. The molecule has 0 fully saturated rings. The smallest absolute Gasteiger partial charge is 0.00793 e. The van der Waals surface area contributed by atoms with E-state index in [1.807, 2.05) is 6.07 Å². The van der Waals surface area contributed by atoms with E-state index in [0.29, 0.717) is 6.04 Å². The molecule has 0 aliphatic rings. The quantitative estimate of drug-likeness (QED) is 0.799. The van der Waals surface area contributed by atoms with E-state index in [2.05, 4.69) is 31.2 Å². The Morgan fingerprint density at radius 1 is 1.21 bits per heavy atom. The molecule has 1 atom stereocenters. The van der Waals surface area contributed by atoms with E-state index < -0.39 is 0 Å². The van der Waals surface area contributed by atoms with Crippen molar-refractivity contribution >= 4 is 12.4 Å². The zero-order valence-electron chi connectivity index (χ0n) is 8.78. The van der Waals surface area contributed by atoms with Crippen LogP contribution in [-0.4, -0.2) is 6.04 Å². The van der Waals surface area contributed by atoms with Crippen LogP contribution in [0.1, 0.15) is 31.7 Å². The second kappa shape index (κ2) is 7.84. The number of nitrogens with two attached hydrogens (primary N) is 1. The van der Waals surface area contributed by atoms with E-state index in [0.717, 1.165) is 12.8 Å². The van der Waals surface area contributed by atoms with E-state index in [4.69, 9.17) is 5.73 Å². The van der Waals surface area contributed by atoms with E-state index in [1.54, 1.807) is 0 Å². The van der Waals surface area contributed by atoms with Gasteiger partial charge < -0.3 is 5.73 Å². The number of hydrogen-bond acceptors (Lipinski definition) is 1. The Balaban J connectivity index is 0.00000169. The van der Waals surface area contributed by atoms with E-state index in [1.165, 1.54) is 18.4 Å². The van der Waals surface area contributed by atoms with Crippen molar-refractivity contribution in [2.75, 3.05) is 0 Å². The summed E-state index contributed by atoms with van der Waals surface area (Å²) in [5.41, 5.74) is 7.34. The van der Waals surface area contributed by atoms with Gasteiger partial charge in [-0.15, -0.1) is 12.4 Å². The lowest BCUT2D eigenvalue weighted by molar-refractivity contribution is 0.574. The fraction of sp³-hybridized carbons (Fsp3) is 0.500. The van der Waals surface area contributed by atoms with Crippen molar-refractivity contribution in [3.8, 4) is 0 Å². The van der Waals surface area contributed by atoms with Crippen LogP contribution in [0.2, 0.25) is 0 Å². The molecule has 0 radical (unpaired) electrons. The summed E-state index contributed by atoms with van der Waals surface area (Å²) in [6.45, 7) is 2.20. The number of unbranched alkanes of at least 4 members (excludes halogenated alkanes) is 1. The molecule has 0 aromatic heterocycles. The van der Waals surface area contributed by atoms with Crippen molar-refractivity contribution in [1.29, 1.82) is 0 Å². The Morgan fingerprint density at radius 2 is 1.86 bits per heavy atom. The average Bonchev–Trinajstić information content (AvgIpc) is 2.16. The van der Waals surface area contributed by atoms with Crippen molar-refractivity contribution in [1.82, 2.24) is 0 Å². The maximum absolute atomic E-state index is 5.99. The zero-order valence-corrected chi connectivity index (χ0v) is 9.59. The Hall–Kier alpha value is -0.530. The largest absolute Gasteiger partial charge is 0.327 e. The summed E-state index contributed by atoms with van der Waals surface area (Å²) < 4.78 is 0. The van der Waals surface area contributed by atoms with Crippen LogP contribution in [0.15, 0.2) is 30.3 Å². The molecule has 1 aromatic carbocycles. The maximum atomic E-state index is 5.99. The van der Waals surface area contributed by atoms with Crippen LogP contribution in [0.3, 0.4) is 0 Å². The van der Waals surface area contributed by atoms with Gasteiger partial charge in [0.25, 0.3) is 0 Å². The molecule has 0 aliphatic heterocycles. The summed E-state index contributed by atoms with van der Waals surface area (Å²) in [6, 6.07) is 10.8. The third kappa shape index (κ3) is 5.25. The van der Waals surface area contributed by atoms with E-state index in [-0.39, 0.29) is 12.4 Å². The maximum Gasteiger partial charge on any atom is 0.00793 e. The molecule has 1 aromatic rings. The highest BCUT2D eigenvalue weighted by atomic mass is 35.5. The minimum atomic E-state index is 0. The van der Waals surface area contributed by atoms with E-state index in [9.17, 15) is 0 Å². The summed E-state index contributed by atoms with van der Waals surface area (Å²) in [5, 5.41) is 0. The standard InChI is InChI=1S/C12H19N.ClH/c1-2-3-9-12(13)10-11-7-5-4-6-8-11;/h4-8,12H,2-3,9-10,13H2,1H3;1H/t12-;/m1./s1. The lowest BCUT2D eigenvalue weighted by atomic mass is 10.0. The van der Waals surface area contributed by atoms with Gasteiger partial charge >= 0.3 is 0 Å². The van der Waals surface area contributed by atoms with Gasteiger partial charge in [-0.05, 0) is 18.4 Å². The lowest BCUT2D eigenvalue weighted by Crippen LogP contribution is -2.22. The Kier molecular flexibility index (Phi) is 7.54. The first-order valence-corrected chi connectivity index (χ1v) is 5.12. The van der Waals surface area contributed by atoms with Crippen LogP contribution in [0.5, 0.6) is 0 Å². The Morgan fingerprint density at radius 3 is 2.43 bits per heavy atom. The first-order valence-electron chi connectivity index (χ1n) is 5.12. The van der Waals surface area contributed by atoms with Gasteiger partial charge in [0.1, 0.15) is 0 Å². The van der Waals surface area contributed by atoms with Crippen molar-refractivity contribution in [2.24, 2.45) is 5.73 Å². The molecule has 1 nitrogen and oxygen atoms in total. The molecule has 0 unspecified atom stereocenters. The highest BCUT2D eigenvalue weighted by molar-refractivity contribution is 5.85.